The Morgan fingerprint density at radius 3 is 2.54 bits per heavy atom. The molecular weight excluding hydrogens is 516 g/mol. The molecule has 0 atom stereocenters. The van der Waals surface area contributed by atoms with Crippen LogP contribution in [0, 0.1) is 24.0 Å². The van der Waals surface area contributed by atoms with E-state index in [4.69, 9.17) is 0 Å². The Morgan fingerprint density at radius 1 is 1.03 bits per heavy atom. The average Bonchev–Trinajstić information content (AvgIpc) is 3.26. The number of non-ortho nitro benzene ring substituents is 1. The molecule has 0 spiro atoms. The number of carbonyl (C=O) groups excluding carboxylic acids is 2. The van der Waals surface area contributed by atoms with Gasteiger partial charge in [0.2, 0.25) is 5.91 Å². The second-order valence-corrected chi connectivity index (χ2v) is 10.3. The molecule has 10 nitrogen and oxygen atoms in total. The lowest BCUT2D eigenvalue weighted by Crippen LogP contribution is -2.16. The third-order valence-corrected chi connectivity index (χ3v) is 7.47. The number of hydrogen-bond acceptors (Lipinski definition) is 8. The molecule has 1 heterocycles. The van der Waals surface area contributed by atoms with Crippen LogP contribution in [0.3, 0.4) is 0 Å². The first-order chi connectivity index (χ1) is 17.6. The van der Waals surface area contributed by atoms with Gasteiger partial charge in [0.1, 0.15) is 0 Å². The van der Waals surface area contributed by atoms with Gasteiger partial charge in [-0.25, -0.2) is 9.78 Å². The fraction of sp³-hybridized carbons (Fsp3) is 0.120. The SMILES string of the molecule is Cc1ccc(C)c(NC(=O)CSc2nc3ccc(NC(=O)c4ccc([N+](=O)[O-])cc4C(=O)O)cc3s2)c1. The monoisotopic (exact) mass is 536 g/mol. The molecule has 4 aromatic rings. The number of carboxylic acid groups (broad SMARTS) is 1. The van der Waals surface area contributed by atoms with Gasteiger partial charge in [-0.2, -0.15) is 0 Å². The van der Waals surface area contributed by atoms with Gasteiger partial charge in [0.25, 0.3) is 11.6 Å². The molecule has 4 rings (SSSR count). The maximum atomic E-state index is 12.7. The maximum Gasteiger partial charge on any atom is 0.336 e. The van der Waals surface area contributed by atoms with Crippen LogP contribution >= 0.6 is 23.1 Å². The summed E-state index contributed by atoms with van der Waals surface area (Å²) in [6, 6.07) is 13.9. The third kappa shape index (κ3) is 6.11. The van der Waals surface area contributed by atoms with Crippen molar-refractivity contribution in [3.8, 4) is 0 Å². The van der Waals surface area contributed by atoms with E-state index in [2.05, 4.69) is 15.6 Å². The van der Waals surface area contributed by atoms with Crippen molar-refractivity contribution in [2.24, 2.45) is 0 Å². The highest BCUT2D eigenvalue weighted by atomic mass is 32.2. The van der Waals surface area contributed by atoms with Gasteiger partial charge in [0.15, 0.2) is 4.34 Å². The molecule has 2 amide bonds. The van der Waals surface area contributed by atoms with Crippen LogP contribution < -0.4 is 10.6 Å². The number of rotatable bonds is 8. The first kappa shape index (κ1) is 25.8. The lowest BCUT2D eigenvalue weighted by Gasteiger charge is -2.08. The molecule has 1 aromatic heterocycles. The van der Waals surface area contributed by atoms with Crippen LogP contribution in [-0.2, 0) is 4.79 Å². The second-order valence-electron chi connectivity index (χ2n) is 8.06. The highest BCUT2D eigenvalue weighted by molar-refractivity contribution is 8.01. The number of aryl methyl sites for hydroxylation is 2. The Bertz CT molecular complexity index is 1570. The number of thiazole rings is 1. The minimum Gasteiger partial charge on any atom is -0.478 e. The van der Waals surface area contributed by atoms with Gasteiger partial charge in [-0.15, -0.1) is 11.3 Å². The number of aromatic nitrogens is 1. The zero-order chi connectivity index (χ0) is 26.7. The van der Waals surface area contributed by atoms with Crippen molar-refractivity contribution in [3.05, 3.63) is 87.0 Å². The first-order valence-corrected chi connectivity index (χ1v) is 12.6. The lowest BCUT2D eigenvalue weighted by molar-refractivity contribution is -0.384. The number of thioether (sulfide) groups is 1. The molecule has 0 radical (unpaired) electrons. The van der Waals surface area contributed by atoms with Gasteiger partial charge in [-0.3, -0.25) is 19.7 Å². The average molecular weight is 537 g/mol. The first-order valence-electron chi connectivity index (χ1n) is 10.8. The highest BCUT2D eigenvalue weighted by Gasteiger charge is 2.21. The summed E-state index contributed by atoms with van der Waals surface area (Å²) in [6.07, 6.45) is 0. The molecule has 0 saturated carbocycles. The largest absolute Gasteiger partial charge is 0.478 e. The number of nitrogens with zero attached hydrogens (tertiary/aromatic N) is 2. The van der Waals surface area contributed by atoms with E-state index in [1.54, 1.807) is 18.2 Å². The summed E-state index contributed by atoms with van der Waals surface area (Å²) in [7, 11) is 0. The number of nitrogens with one attached hydrogen (secondary N) is 2. The number of nitro groups is 1. The molecular formula is C25H20N4O6S2. The van der Waals surface area contributed by atoms with Crippen LogP contribution in [0.4, 0.5) is 17.1 Å². The van der Waals surface area contributed by atoms with E-state index in [9.17, 15) is 29.6 Å². The molecule has 0 unspecified atom stereocenters. The van der Waals surface area contributed by atoms with E-state index in [-0.39, 0.29) is 17.2 Å². The molecule has 0 aliphatic rings. The van der Waals surface area contributed by atoms with Crippen LogP contribution in [-0.4, -0.2) is 38.6 Å². The Labute approximate surface area is 218 Å². The van der Waals surface area contributed by atoms with Crippen LogP contribution in [0.1, 0.15) is 31.8 Å². The summed E-state index contributed by atoms with van der Waals surface area (Å²) in [4.78, 5) is 51.4. The molecule has 12 heteroatoms. The van der Waals surface area contributed by atoms with Crippen LogP contribution in [0.15, 0.2) is 58.9 Å². The minimum absolute atomic E-state index is 0.150. The summed E-state index contributed by atoms with van der Waals surface area (Å²) in [5.41, 5.74) is 2.79. The summed E-state index contributed by atoms with van der Waals surface area (Å²) >= 11 is 2.65. The Kier molecular flexibility index (Phi) is 7.50. The number of fused-ring (bicyclic) bond motifs is 1. The number of aromatic carboxylic acids is 1. The van der Waals surface area contributed by atoms with Crippen molar-refractivity contribution in [2.45, 2.75) is 18.2 Å². The molecule has 188 valence electrons. The maximum absolute atomic E-state index is 12.7. The second kappa shape index (κ2) is 10.8. The highest BCUT2D eigenvalue weighted by Crippen LogP contribution is 2.32. The van der Waals surface area contributed by atoms with Crippen molar-refractivity contribution >= 4 is 68.2 Å². The topological polar surface area (TPSA) is 152 Å². The Hall–Kier alpha value is -4.29. The summed E-state index contributed by atoms with van der Waals surface area (Å²) < 4.78 is 1.44. The predicted molar refractivity (Wildman–Crippen MR) is 143 cm³/mol. The van der Waals surface area contributed by atoms with E-state index < -0.39 is 28.1 Å². The van der Waals surface area contributed by atoms with Crippen molar-refractivity contribution < 1.29 is 24.4 Å². The van der Waals surface area contributed by atoms with Crippen molar-refractivity contribution in [2.75, 3.05) is 16.4 Å². The van der Waals surface area contributed by atoms with Gasteiger partial charge < -0.3 is 15.7 Å². The van der Waals surface area contributed by atoms with Gasteiger partial charge in [-0.05, 0) is 55.3 Å². The molecule has 0 bridgehead atoms. The number of carboxylic acids is 1. The van der Waals surface area contributed by atoms with Crippen LogP contribution in [0.5, 0.6) is 0 Å². The molecule has 0 aliphatic carbocycles. The van der Waals surface area contributed by atoms with Gasteiger partial charge in [-0.1, -0.05) is 23.9 Å². The number of carbonyl (C=O) groups is 3. The van der Waals surface area contributed by atoms with Gasteiger partial charge in [0, 0.05) is 23.5 Å². The summed E-state index contributed by atoms with van der Waals surface area (Å²) in [5.74, 6) is -2.14. The summed E-state index contributed by atoms with van der Waals surface area (Å²) in [5, 5.41) is 25.9. The van der Waals surface area contributed by atoms with Crippen LogP contribution in [0.2, 0.25) is 0 Å². The van der Waals surface area contributed by atoms with E-state index in [1.165, 1.54) is 23.1 Å². The zero-order valence-electron chi connectivity index (χ0n) is 19.6. The number of anilines is 2. The fourth-order valence-corrected chi connectivity index (χ4v) is 5.35. The molecule has 0 aliphatic heterocycles. The van der Waals surface area contributed by atoms with E-state index in [0.717, 1.165) is 39.7 Å². The van der Waals surface area contributed by atoms with Crippen LogP contribution in [0.25, 0.3) is 10.2 Å². The Balaban J connectivity index is 1.44. The van der Waals surface area contributed by atoms with Crippen molar-refractivity contribution in [1.29, 1.82) is 0 Å². The third-order valence-electron chi connectivity index (χ3n) is 5.31. The van der Waals surface area contributed by atoms with Gasteiger partial charge >= 0.3 is 5.97 Å². The van der Waals surface area contributed by atoms with Crippen molar-refractivity contribution in [1.82, 2.24) is 4.98 Å². The molecule has 3 aromatic carbocycles. The molecule has 0 fully saturated rings. The number of benzene rings is 3. The Morgan fingerprint density at radius 2 is 1.81 bits per heavy atom. The number of hydrogen-bond donors (Lipinski definition) is 3. The molecule has 3 N–H and O–H groups in total. The van der Waals surface area contributed by atoms with Gasteiger partial charge in [0.05, 0.1) is 32.0 Å². The van der Waals surface area contributed by atoms with E-state index in [1.807, 2.05) is 32.0 Å². The quantitative estimate of drug-likeness (QED) is 0.152. The predicted octanol–water partition coefficient (Wildman–Crippen LogP) is 5.50. The number of amides is 2. The lowest BCUT2D eigenvalue weighted by atomic mass is 10.1. The zero-order valence-corrected chi connectivity index (χ0v) is 21.2. The molecule has 37 heavy (non-hydrogen) atoms. The number of nitro benzene ring substituents is 1. The minimum atomic E-state index is -1.45. The van der Waals surface area contributed by atoms with E-state index in [0.29, 0.717) is 15.5 Å². The normalized spacial score (nSPS) is 10.8. The molecule has 0 saturated heterocycles. The van der Waals surface area contributed by atoms with E-state index >= 15 is 0 Å². The summed E-state index contributed by atoms with van der Waals surface area (Å²) in [6.45, 7) is 3.88. The fourth-order valence-electron chi connectivity index (χ4n) is 3.45. The van der Waals surface area contributed by atoms with Crippen molar-refractivity contribution in [3.63, 3.8) is 0 Å². The smallest absolute Gasteiger partial charge is 0.336 e. The standard InChI is InChI=1S/C25H20N4O6S2/c1-13-3-4-14(2)20(9-13)27-22(30)12-36-25-28-19-8-5-15(10-21(19)37-25)26-23(31)17-7-6-16(29(34)35)11-18(17)24(32)33/h3-11H,12H2,1-2H3,(H,26,31)(H,27,30)(H,32,33).